The van der Waals surface area contributed by atoms with Gasteiger partial charge in [-0.2, -0.15) is 0 Å². The fourth-order valence-corrected chi connectivity index (χ4v) is 1.83. The van der Waals surface area contributed by atoms with Gasteiger partial charge in [0.25, 0.3) is 0 Å². The average molecular weight is 265 g/mol. The Labute approximate surface area is 114 Å². The van der Waals surface area contributed by atoms with Gasteiger partial charge in [0.05, 0.1) is 19.3 Å². The van der Waals surface area contributed by atoms with Crippen LogP contribution in [0.3, 0.4) is 0 Å². The lowest BCUT2D eigenvalue weighted by Crippen LogP contribution is -2.37. The van der Waals surface area contributed by atoms with Gasteiger partial charge in [-0.05, 0) is 31.4 Å². The lowest BCUT2D eigenvalue weighted by molar-refractivity contribution is -0.122. The van der Waals surface area contributed by atoms with Crippen LogP contribution in [0.1, 0.15) is 32.3 Å². The fraction of sp³-hybridized carbons (Fsp3) is 0.533. The molecule has 0 aliphatic heterocycles. The molecule has 0 aliphatic rings. The SMILES string of the molecule is CCOc1ccccc1CCC(=O)N[C@@H](CC)CO. The number of aliphatic hydroxyl groups is 1. The smallest absolute Gasteiger partial charge is 0.220 e. The highest BCUT2D eigenvalue weighted by Gasteiger charge is 2.10. The number of hydrogen-bond donors (Lipinski definition) is 2. The number of aliphatic hydroxyl groups excluding tert-OH is 1. The highest BCUT2D eigenvalue weighted by molar-refractivity contribution is 5.76. The molecule has 19 heavy (non-hydrogen) atoms. The number of amides is 1. The predicted molar refractivity (Wildman–Crippen MR) is 75.2 cm³/mol. The van der Waals surface area contributed by atoms with Crippen molar-refractivity contribution in [3.63, 3.8) is 0 Å². The summed E-state index contributed by atoms with van der Waals surface area (Å²) < 4.78 is 5.52. The maximum absolute atomic E-state index is 11.8. The number of benzene rings is 1. The van der Waals surface area contributed by atoms with Crippen molar-refractivity contribution in [1.29, 1.82) is 0 Å². The summed E-state index contributed by atoms with van der Waals surface area (Å²) in [4.78, 5) is 11.8. The lowest BCUT2D eigenvalue weighted by atomic mass is 10.1. The molecule has 2 N–H and O–H groups in total. The Morgan fingerprint density at radius 1 is 1.37 bits per heavy atom. The largest absolute Gasteiger partial charge is 0.494 e. The molecule has 4 nitrogen and oxygen atoms in total. The summed E-state index contributed by atoms with van der Waals surface area (Å²) in [5.41, 5.74) is 1.04. The summed E-state index contributed by atoms with van der Waals surface area (Å²) in [6.45, 7) is 4.48. The summed E-state index contributed by atoms with van der Waals surface area (Å²) in [6.07, 6.45) is 1.78. The second-order valence-electron chi connectivity index (χ2n) is 4.40. The summed E-state index contributed by atoms with van der Waals surface area (Å²) in [7, 11) is 0. The number of para-hydroxylation sites is 1. The van der Waals surface area contributed by atoms with E-state index in [1.165, 1.54) is 0 Å². The van der Waals surface area contributed by atoms with E-state index in [2.05, 4.69) is 5.32 Å². The molecule has 1 atom stereocenters. The zero-order valence-corrected chi connectivity index (χ0v) is 11.7. The molecule has 4 heteroatoms. The lowest BCUT2D eigenvalue weighted by Gasteiger charge is -2.14. The zero-order chi connectivity index (χ0) is 14.1. The number of ether oxygens (including phenoxy) is 1. The third-order valence-corrected chi connectivity index (χ3v) is 2.97. The van der Waals surface area contributed by atoms with Gasteiger partial charge in [-0.3, -0.25) is 4.79 Å². The Morgan fingerprint density at radius 2 is 2.11 bits per heavy atom. The first-order valence-corrected chi connectivity index (χ1v) is 6.82. The Hall–Kier alpha value is -1.55. The number of aryl methyl sites for hydroxylation is 1. The molecule has 0 saturated heterocycles. The van der Waals surface area contributed by atoms with E-state index in [0.29, 0.717) is 19.4 Å². The molecule has 106 valence electrons. The van der Waals surface area contributed by atoms with Crippen LogP contribution >= 0.6 is 0 Å². The van der Waals surface area contributed by atoms with E-state index in [1.807, 2.05) is 38.1 Å². The normalized spacial score (nSPS) is 11.9. The number of carbonyl (C=O) groups excluding carboxylic acids is 1. The molecule has 1 aromatic rings. The third-order valence-electron chi connectivity index (χ3n) is 2.97. The van der Waals surface area contributed by atoms with Crippen molar-refractivity contribution in [2.75, 3.05) is 13.2 Å². The first kappa shape index (κ1) is 15.5. The highest BCUT2D eigenvalue weighted by atomic mass is 16.5. The Morgan fingerprint density at radius 3 is 2.74 bits per heavy atom. The van der Waals surface area contributed by atoms with Crippen LogP contribution in [0, 0.1) is 0 Å². The molecular weight excluding hydrogens is 242 g/mol. The molecule has 0 unspecified atom stereocenters. The molecule has 0 fully saturated rings. The summed E-state index contributed by atoms with van der Waals surface area (Å²) in [5.74, 6) is 0.805. The maximum atomic E-state index is 11.8. The van der Waals surface area contributed by atoms with Gasteiger partial charge in [-0.25, -0.2) is 0 Å². The van der Waals surface area contributed by atoms with Crippen molar-refractivity contribution >= 4 is 5.91 Å². The monoisotopic (exact) mass is 265 g/mol. The van der Waals surface area contributed by atoms with Crippen LogP contribution in [-0.4, -0.2) is 30.3 Å². The van der Waals surface area contributed by atoms with Crippen molar-refractivity contribution < 1.29 is 14.6 Å². The van der Waals surface area contributed by atoms with Gasteiger partial charge in [0.1, 0.15) is 5.75 Å². The molecule has 0 radical (unpaired) electrons. The standard InChI is InChI=1S/C15H23NO3/c1-3-13(11-17)16-15(18)10-9-12-7-5-6-8-14(12)19-4-2/h5-8,13,17H,3-4,9-11H2,1-2H3,(H,16,18)/t13-/m0/s1. The Kier molecular flexibility index (Phi) is 6.97. The number of nitrogens with one attached hydrogen (secondary N) is 1. The molecule has 1 amide bonds. The fourth-order valence-electron chi connectivity index (χ4n) is 1.83. The van der Waals surface area contributed by atoms with Gasteiger partial charge in [0, 0.05) is 6.42 Å². The minimum Gasteiger partial charge on any atom is -0.494 e. The first-order chi connectivity index (χ1) is 9.21. The molecule has 0 aliphatic carbocycles. The van der Waals surface area contributed by atoms with Crippen molar-refractivity contribution in [1.82, 2.24) is 5.32 Å². The van der Waals surface area contributed by atoms with Gasteiger partial charge in [0.2, 0.25) is 5.91 Å². The summed E-state index contributed by atoms with van der Waals surface area (Å²) >= 11 is 0. The Balaban J connectivity index is 2.50. The first-order valence-electron chi connectivity index (χ1n) is 6.82. The van der Waals surface area contributed by atoms with E-state index in [0.717, 1.165) is 17.7 Å². The molecule has 0 spiro atoms. The van der Waals surface area contributed by atoms with E-state index in [-0.39, 0.29) is 18.6 Å². The second kappa shape index (κ2) is 8.53. The van der Waals surface area contributed by atoms with Gasteiger partial charge >= 0.3 is 0 Å². The van der Waals surface area contributed by atoms with Gasteiger partial charge < -0.3 is 15.2 Å². The van der Waals surface area contributed by atoms with Gasteiger partial charge in [-0.15, -0.1) is 0 Å². The van der Waals surface area contributed by atoms with Gasteiger partial charge in [0.15, 0.2) is 0 Å². The maximum Gasteiger partial charge on any atom is 0.220 e. The quantitative estimate of drug-likeness (QED) is 0.755. The molecule has 1 aromatic carbocycles. The number of hydrogen-bond acceptors (Lipinski definition) is 3. The van der Waals surface area contributed by atoms with Gasteiger partial charge in [-0.1, -0.05) is 25.1 Å². The zero-order valence-electron chi connectivity index (χ0n) is 11.7. The van der Waals surface area contributed by atoms with E-state index < -0.39 is 0 Å². The van der Waals surface area contributed by atoms with Crippen LogP contribution in [0.2, 0.25) is 0 Å². The molecule has 0 saturated carbocycles. The van der Waals surface area contributed by atoms with Crippen molar-refractivity contribution in [2.24, 2.45) is 0 Å². The number of rotatable bonds is 8. The van der Waals surface area contributed by atoms with Crippen LogP contribution in [0.5, 0.6) is 5.75 Å². The van der Waals surface area contributed by atoms with Crippen molar-refractivity contribution in [3.8, 4) is 5.75 Å². The molecular formula is C15H23NO3. The predicted octanol–water partition coefficient (Wildman–Crippen LogP) is 1.90. The van der Waals surface area contributed by atoms with Crippen molar-refractivity contribution in [3.05, 3.63) is 29.8 Å². The molecule has 0 aromatic heterocycles. The topological polar surface area (TPSA) is 58.6 Å². The van der Waals surface area contributed by atoms with Crippen LogP contribution < -0.4 is 10.1 Å². The minimum absolute atomic E-state index is 0.0161. The van der Waals surface area contributed by atoms with Crippen LogP contribution in [0.4, 0.5) is 0 Å². The molecule has 0 heterocycles. The van der Waals surface area contributed by atoms with E-state index in [1.54, 1.807) is 0 Å². The minimum atomic E-state index is -0.144. The molecule has 1 rings (SSSR count). The number of carbonyl (C=O) groups is 1. The summed E-state index contributed by atoms with van der Waals surface area (Å²) in [6, 6.07) is 7.61. The van der Waals surface area contributed by atoms with E-state index in [9.17, 15) is 4.79 Å². The summed E-state index contributed by atoms with van der Waals surface area (Å²) in [5, 5.41) is 11.8. The highest BCUT2D eigenvalue weighted by Crippen LogP contribution is 2.19. The average Bonchev–Trinajstić information content (AvgIpc) is 2.44. The van der Waals surface area contributed by atoms with Crippen LogP contribution in [-0.2, 0) is 11.2 Å². The van der Waals surface area contributed by atoms with Crippen molar-refractivity contribution in [2.45, 2.75) is 39.2 Å². The molecule has 0 bridgehead atoms. The Bertz CT molecular complexity index is 389. The van der Waals surface area contributed by atoms with Crippen LogP contribution in [0.15, 0.2) is 24.3 Å². The van der Waals surface area contributed by atoms with E-state index in [4.69, 9.17) is 9.84 Å². The third kappa shape index (κ3) is 5.30. The van der Waals surface area contributed by atoms with E-state index >= 15 is 0 Å². The second-order valence-corrected chi connectivity index (χ2v) is 4.40. The van der Waals surface area contributed by atoms with Crippen LogP contribution in [0.25, 0.3) is 0 Å².